The van der Waals surface area contributed by atoms with Crippen LogP contribution in [-0.2, 0) is 6.42 Å². The number of urea groups is 1. The minimum atomic E-state index is -0.269. The highest BCUT2D eigenvalue weighted by molar-refractivity contribution is 5.83. The molecule has 0 spiro atoms. The quantitative estimate of drug-likeness (QED) is 0.734. The Morgan fingerprint density at radius 2 is 2.23 bits per heavy atom. The number of amides is 2. The van der Waals surface area contributed by atoms with Crippen molar-refractivity contribution in [3.8, 4) is 0 Å². The number of fused-ring (bicyclic) bond motifs is 1. The van der Waals surface area contributed by atoms with Crippen molar-refractivity contribution in [2.75, 3.05) is 26.2 Å². The summed E-state index contributed by atoms with van der Waals surface area (Å²) in [7, 11) is 0. The van der Waals surface area contributed by atoms with Gasteiger partial charge in [-0.05, 0) is 36.6 Å². The Hall–Kier alpha value is -2.08. The topological polar surface area (TPSA) is 68.4 Å². The largest absolute Gasteiger partial charge is 0.395 e. The molecule has 0 unspecified atom stereocenters. The Bertz CT molecular complexity index is 621. The standard InChI is InChI=1S/C16H22FN3O2/c1-2-7-20(8-9-21)16(22)18-6-5-12-11-19-15-4-3-13(17)10-14(12)15/h3-4,10-11,19,21H,2,5-9H2,1H3,(H,18,22). The van der Waals surface area contributed by atoms with Gasteiger partial charge in [0.05, 0.1) is 6.61 Å². The molecule has 0 saturated carbocycles. The van der Waals surface area contributed by atoms with E-state index in [2.05, 4.69) is 10.3 Å². The number of H-pyrrole nitrogens is 1. The fourth-order valence-electron chi connectivity index (χ4n) is 2.48. The van der Waals surface area contributed by atoms with Gasteiger partial charge in [-0.25, -0.2) is 9.18 Å². The van der Waals surface area contributed by atoms with E-state index >= 15 is 0 Å². The molecule has 2 amide bonds. The molecule has 0 aliphatic rings. The third-order valence-corrected chi connectivity index (χ3v) is 3.55. The zero-order chi connectivity index (χ0) is 15.9. The van der Waals surface area contributed by atoms with Crippen LogP contribution in [0.1, 0.15) is 18.9 Å². The summed E-state index contributed by atoms with van der Waals surface area (Å²) >= 11 is 0. The van der Waals surface area contributed by atoms with Crippen molar-refractivity contribution in [2.45, 2.75) is 19.8 Å². The van der Waals surface area contributed by atoms with E-state index < -0.39 is 0 Å². The van der Waals surface area contributed by atoms with E-state index in [1.165, 1.54) is 12.1 Å². The number of rotatable bonds is 7. The maximum absolute atomic E-state index is 13.3. The highest BCUT2D eigenvalue weighted by Gasteiger charge is 2.11. The maximum Gasteiger partial charge on any atom is 0.317 e. The summed E-state index contributed by atoms with van der Waals surface area (Å²) in [6.45, 7) is 3.35. The first-order chi connectivity index (χ1) is 10.7. The molecule has 22 heavy (non-hydrogen) atoms. The molecule has 0 aliphatic heterocycles. The van der Waals surface area contributed by atoms with Crippen LogP contribution in [0.3, 0.4) is 0 Å². The van der Waals surface area contributed by atoms with Gasteiger partial charge in [-0.2, -0.15) is 0 Å². The second-order valence-electron chi connectivity index (χ2n) is 5.20. The fraction of sp³-hybridized carbons (Fsp3) is 0.438. The minimum absolute atomic E-state index is 0.0465. The molecule has 0 saturated heterocycles. The average molecular weight is 307 g/mol. The van der Waals surface area contributed by atoms with Crippen LogP contribution in [0.25, 0.3) is 10.9 Å². The van der Waals surface area contributed by atoms with Crippen LogP contribution >= 0.6 is 0 Å². The Morgan fingerprint density at radius 3 is 2.95 bits per heavy atom. The van der Waals surface area contributed by atoms with E-state index in [9.17, 15) is 9.18 Å². The average Bonchev–Trinajstić information content (AvgIpc) is 2.89. The first kappa shape index (κ1) is 16.3. The van der Waals surface area contributed by atoms with Gasteiger partial charge in [0.1, 0.15) is 5.82 Å². The van der Waals surface area contributed by atoms with Crippen molar-refractivity contribution in [3.63, 3.8) is 0 Å². The first-order valence-corrected chi connectivity index (χ1v) is 7.54. The lowest BCUT2D eigenvalue weighted by molar-refractivity contribution is 0.177. The Morgan fingerprint density at radius 1 is 1.41 bits per heavy atom. The molecule has 2 aromatic rings. The SMILES string of the molecule is CCCN(CCO)C(=O)NCCc1c[nH]c2ccc(F)cc12. The lowest BCUT2D eigenvalue weighted by atomic mass is 10.1. The van der Waals surface area contributed by atoms with Gasteiger partial charge >= 0.3 is 6.03 Å². The van der Waals surface area contributed by atoms with E-state index in [1.54, 1.807) is 11.0 Å². The van der Waals surface area contributed by atoms with Gasteiger partial charge in [0.25, 0.3) is 0 Å². The van der Waals surface area contributed by atoms with Crippen LogP contribution in [0, 0.1) is 5.82 Å². The summed E-state index contributed by atoms with van der Waals surface area (Å²) in [6.07, 6.45) is 3.30. The lowest BCUT2D eigenvalue weighted by Gasteiger charge is -2.21. The van der Waals surface area contributed by atoms with Crippen LogP contribution in [0.4, 0.5) is 9.18 Å². The first-order valence-electron chi connectivity index (χ1n) is 7.54. The van der Waals surface area contributed by atoms with Gasteiger partial charge in [-0.15, -0.1) is 0 Å². The number of carbonyl (C=O) groups is 1. The van der Waals surface area contributed by atoms with Crippen molar-refractivity contribution in [3.05, 3.63) is 35.8 Å². The molecule has 3 N–H and O–H groups in total. The molecule has 5 nitrogen and oxygen atoms in total. The molecule has 0 aliphatic carbocycles. The number of aromatic nitrogens is 1. The molecule has 1 heterocycles. The van der Waals surface area contributed by atoms with Crippen LogP contribution in [0.5, 0.6) is 0 Å². The highest BCUT2D eigenvalue weighted by Crippen LogP contribution is 2.19. The molecule has 120 valence electrons. The lowest BCUT2D eigenvalue weighted by Crippen LogP contribution is -2.42. The number of nitrogens with zero attached hydrogens (tertiary/aromatic N) is 1. The summed E-state index contributed by atoms with van der Waals surface area (Å²) in [6, 6.07) is 4.44. The second-order valence-corrected chi connectivity index (χ2v) is 5.20. The monoisotopic (exact) mass is 307 g/mol. The predicted octanol–water partition coefficient (Wildman–Crippen LogP) is 2.26. The zero-order valence-electron chi connectivity index (χ0n) is 12.7. The summed E-state index contributed by atoms with van der Waals surface area (Å²) in [5, 5.41) is 12.7. The summed E-state index contributed by atoms with van der Waals surface area (Å²) in [5.74, 6) is -0.269. The van der Waals surface area contributed by atoms with Crippen LogP contribution in [0.15, 0.2) is 24.4 Å². The number of aliphatic hydroxyl groups is 1. The zero-order valence-corrected chi connectivity index (χ0v) is 12.7. The van der Waals surface area contributed by atoms with Crippen LogP contribution in [0.2, 0.25) is 0 Å². The van der Waals surface area contributed by atoms with Crippen molar-refractivity contribution in [2.24, 2.45) is 0 Å². The number of halogens is 1. The summed E-state index contributed by atoms with van der Waals surface area (Å²) in [4.78, 5) is 16.7. The molecular weight excluding hydrogens is 285 g/mol. The molecule has 6 heteroatoms. The number of benzene rings is 1. The van der Waals surface area contributed by atoms with E-state index in [0.717, 1.165) is 22.9 Å². The van der Waals surface area contributed by atoms with Crippen molar-refractivity contribution < 1.29 is 14.3 Å². The number of hydrogen-bond donors (Lipinski definition) is 3. The molecule has 1 aromatic heterocycles. The fourth-order valence-corrected chi connectivity index (χ4v) is 2.48. The van der Waals surface area contributed by atoms with Gasteiger partial charge in [0, 0.05) is 36.7 Å². The second kappa shape index (κ2) is 7.79. The highest BCUT2D eigenvalue weighted by atomic mass is 19.1. The van der Waals surface area contributed by atoms with Crippen molar-refractivity contribution in [1.29, 1.82) is 0 Å². The third kappa shape index (κ3) is 3.98. The van der Waals surface area contributed by atoms with Crippen molar-refractivity contribution >= 4 is 16.9 Å². The van der Waals surface area contributed by atoms with Crippen molar-refractivity contribution in [1.82, 2.24) is 15.2 Å². The van der Waals surface area contributed by atoms with E-state index in [4.69, 9.17) is 5.11 Å². The molecule has 0 fully saturated rings. The molecule has 0 radical (unpaired) electrons. The van der Waals surface area contributed by atoms with E-state index in [1.807, 2.05) is 13.1 Å². The van der Waals surface area contributed by atoms with Gasteiger partial charge in [-0.1, -0.05) is 6.92 Å². The third-order valence-electron chi connectivity index (χ3n) is 3.55. The number of aliphatic hydroxyl groups excluding tert-OH is 1. The number of carbonyl (C=O) groups excluding carboxylic acids is 1. The molecule has 2 rings (SSSR count). The smallest absolute Gasteiger partial charge is 0.317 e. The maximum atomic E-state index is 13.3. The number of hydrogen-bond acceptors (Lipinski definition) is 2. The van der Waals surface area contributed by atoms with Crippen LogP contribution in [-0.4, -0.2) is 47.3 Å². The number of nitrogens with one attached hydrogen (secondary N) is 2. The van der Waals surface area contributed by atoms with Gasteiger partial charge in [0.15, 0.2) is 0 Å². The van der Waals surface area contributed by atoms with E-state index in [-0.39, 0.29) is 18.5 Å². The number of aromatic amines is 1. The minimum Gasteiger partial charge on any atom is -0.395 e. The molecule has 1 aromatic carbocycles. The van der Waals surface area contributed by atoms with Gasteiger partial charge in [0.2, 0.25) is 0 Å². The van der Waals surface area contributed by atoms with Gasteiger partial charge < -0.3 is 20.3 Å². The summed E-state index contributed by atoms with van der Waals surface area (Å²) in [5.41, 5.74) is 1.86. The molecular formula is C16H22FN3O2. The Balaban J connectivity index is 1.91. The Kier molecular flexibility index (Phi) is 5.77. The van der Waals surface area contributed by atoms with Gasteiger partial charge in [-0.3, -0.25) is 0 Å². The molecule has 0 atom stereocenters. The van der Waals surface area contributed by atoms with E-state index in [0.29, 0.717) is 26.1 Å². The Labute approximate surface area is 129 Å². The summed E-state index contributed by atoms with van der Waals surface area (Å²) < 4.78 is 13.3. The van der Waals surface area contributed by atoms with Crippen LogP contribution < -0.4 is 5.32 Å². The predicted molar refractivity (Wildman–Crippen MR) is 84.3 cm³/mol. The molecule has 0 bridgehead atoms. The normalized spacial score (nSPS) is 10.9.